The Morgan fingerprint density at radius 2 is 2.20 bits per heavy atom. The minimum atomic E-state index is -0.535. The Morgan fingerprint density at radius 3 is 2.73 bits per heavy atom. The van der Waals surface area contributed by atoms with E-state index in [9.17, 15) is 10.1 Å². The molecule has 0 saturated heterocycles. The van der Waals surface area contributed by atoms with Crippen molar-refractivity contribution in [1.29, 1.82) is 0 Å². The third-order valence-electron chi connectivity index (χ3n) is 1.63. The summed E-state index contributed by atoms with van der Waals surface area (Å²) in [5.74, 6) is 0.368. The van der Waals surface area contributed by atoms with Crippen LogP contribution in [0.25, 0.3) is 5.82 Å². The summed E-state index contributed by atoms with van der Waals surface area (Å²) in [5.41, 5.74) is -0.105. The van der Waals surface area contributed by atoms with Crippen molar-refractivity contribution < 1.29 is 4.92 Å². The number of halogens is 1. The van der Waals surface area contributed by atoms with Crippen molar-refractivity contribution >= 4 is 17.3 Å². The highest BCUT2D eigenvalue weighted by atomic mass is 35.5. The fraction of sp³-hybridized carbons (Fsp3) is 0. The zero-order chi connectivity index (χ0) is 10.8. The molecule has 7 nitrogen and oxygen atoms in total. The van der Waals surface area contributed by atoms with Gasteiger partial charge in [-0.1, -0.05) is 11.6 Å². The quantitative estimate of drug-likeness (QED) is 0.567. The minimum absolute atomic E-state index is 0.105. The van der Waals surface area contributed by atoms with Gasteiger partial charge in [0, 0.05) is 0 Å². The lowest BCUT2D eigenvalue weighted by molar-refractivity contribution is -0.384. The normalized spacial score (nSPS) is 10.2. The van der Waals surface area contributed by atoms with E-state index in [1.54, 1.807) is 6.07 Å². The second-order valence-corrected chi connectivity index (χ2v) is 3.00. The fourth-order valence-electron chi connectivity index (χ4n) is 0.964. The van der Waals surface area contributed by atoms with Crippen molar-refractivity contribution in [3.8, 4) is 5.82 Å². The van der Waals surface area contributed by atoms with Gasteiger partial charge in [0.1, 0.15) is 12.4 Å². The van der Waals surface area contributed by atoms with E-state index in [0.717, 1.165) is 6.20 Å². The molecule has 2 aromatic heterocycles. The van der Waals surface area contributed by atoms with Crippen LogP contribution in [-0.2, 0) is 0 Å². The maximum Gasteiger partial charge on any atom is 0.307 e. The van der Waals surface area contributed by atoms with Gasteiger partial charge in [0.2, 0.25) is 0 Å². The average Bonchev–Trinajstić information content (AvgIpc) is 2.68. The highest BCUT2D eigenvalue weighted by Crippen LogP contribution is 2.12. The van der Waals surface area contributed by atoms with Gasteiger partial charge >= 0.3 is 5.69 Å². The van der Waals surface area contributed by atoms with E-state index < -0.39 is 4.92 Å². The van der Waals surface area contributed by atoms with Crippen molar-refractivity contribution in [1.82, 2.24) is 20.0 Å². The molecule has 0 atom stereocenters. The zero-order valence-corrected chi connectivity index (χ0v) is 8.00. The maximum atomic E-state index is 10.4. The summed E-state index contributed by atoms with van der Waals surface area (Å²) in [4.78, 5) is 9.86. The van der Waals surface area contributed by atoms with Crippen LogP contribution in [0, 0.1) is 10.1 Å². The van der Waals surface area contributed by atoms with Gasteiger partial charge in [-0.3, -0.25) is 10.1 Å². The molecular weight excluding hydrogens is 222 g/mol. The van der Waals surface area contributed by atoms with E-state index in [0.29, 0.717) is 5.82 Å². The van der Waals surface area contributed by atoms with Crippen molar-refractivity contribution in [3.63, 3.8) is 0 Å². The van der Waals surface area contributed by atoms with E-state index in [2.05, 4.69) is 15.3 Å². The Hall–Kier alpha value is -2.02. The lowest BCUT2D eigenvalue weighted by Crippen LogP contribution is -1.98. The molecule has 2 heterocycles. The fourth-order valence-corrected chi connectivity index (χ4v) is 1.06. The topological polar surface area (TPSA) is 86.7 Å². The molecule has 0 aliphatic rings. The number of hydrogen-bond acceptors (Lipinski definition) is 5. The highest BCUT2D eigenvalue weighted by molar-refractivity contribution is 6.29. The van der Waals surface area contributed by atoms with Gasteiger partial charge in [0.25, 0.3) is 0 Å². The van der Waals surface area contributed by atoms with Gasteiger partial charge in [0.05, 0.1) is 4.92 Å². The number of aromatic nitrogens is 4. The molecule has 0 unspecified atom stereocenters. The van der Waals surface area contributed by atoms with E-state index >= 15 is 0 Å². The van der Waals surface area contributed by atoms with Crippen LogP contribution in [0.4, 0.5) is 5.69 Å². The molecule has 15 heavy (non-hydrogen) atoms. The van der Waals surface area contributed by atoms with Crippen LogP contribution < -0.4 is 0 Å². The minimum Gasteiger partial charge on any atom is -0.258 e. The lowest BCUT2D eigenvalue weighted by atomic mass is 10.5. The first kappa shape index (κ1) is 9.53. The molecule has 0 aromatic carbocycles. The van der Waals surface area contributed by atoms with Crippen LogP contribution in [0.1, 0.15) is 0 Å². The third-order valence-corrected chi connectivity index (χ3v) is 1.83. The summed E-state index contributed by atoms with van der Waals surface area (Å²) in [6.45, 7) is 0. The predicted molar refractivity (Wildman–Crippen MR) is 50.8 cm³/mol. The van der Waals surface area contributed by atoms with Crippen LogP contribution in [0.2, 0.25) is 5.15 Å². The van der Waals surface area contributed by atoms with Gasteiger partial charge in [0.15, 0.2) is 11.0 Å². The molecule has 2 rings (SSSR count). The molecule has 0 fully saturated rings. The largest absolute Gasteiger partial charge is 0.307 e. The summed E-state index contributed by atoms with van der Waals surface area (Å²) < 4.78 is 1.25. The van der Waals surface area contributed by atoms with Crippen LogP contribution >= 0.6 is 11.6 Å². The molecule has 8 heteroatoms. The van der Waals surface area contributed by atoms with E-state index in [-0.39, 0.29) is 10.8 Å². The predicted octanol–water partition coefficient (Wildman–Crippen LogP) is 1.22. The Bertz CT molecular complexity index is 494. The Morgan fingerprint density at radius 1 is 1.40 bits per heavy atom. The summed E-state index contributed by atoms with van der Waals surface area (Å²) in [6.07, 6.45) is 2.38. The number of hydrogen-bond donors (Lipinski definition) is 0. The second kappa shape index (κ2) is 3.62. The SMILES string of the molecule is O=[N+]([O-])c1cnn(-c2ccc(Cl)nn2)c1. The first-order chi connectivity index (χ1) is 7.16. The van der Waals surface area contributed by atoms with E-state index in [1.807, 2.05) is 0 Å². The monoisotopic (exact) mass is 225 g/mol. The number of nitro groups is 1. The maximum absolute atomic E-state index is 10.4. The molecule has 0 amide bonds. The summed E-state index contributed by atoms with van der Waals surface area (Å²) in [7, 11) is 0. The summed E-state index contributed by atoms with van der Waals surface area (Å²) in [5, 5.41) is 21.7. The summed E-state index contributed by atoms with van der Waals surface area (Å²) in [6, 6.07) is 3.09. The Labute approximate surface area is 88.5 Å². The third kappa shape index (κ3) is 1.91. The van der Waals surface area contributed by atoms with Gasteiger partial charge in [-0.05, 0) is 12.1 Å². The number of nitrogens with zero attached hydrogens (tertiary/aromatic N) is 5. The molecule has 0 aliphatic heterocycles. The van der Waals surface area contributed by atoms with Crippen molar-refractivity contribution in [2.75, 3.05) is 0 Å². The van der Waals surface area contributed by atoms with Crippen LogP contribution in [0.5, 0.6) is 0 Å². The van der Waals surface area contributed by atoms with Gasteiger partial charge in [-0.2, -0.15) is 5.10 Å². The first-order valence-corrected chi connectivity index (χ1v) is 4.23. The van der Waals surface area contributed by atoms with Crippen LogP contribution in [0.3, 0.4) is 0 Å². The number of rotatable bonds is 2. The van der Waals surface area contributed by atoms with Gasteiger partial charge < -0.3 is 0 Å². The molecule has 0 saturated carbocycles. The molecule has 2 aromatic rings. The van der Waals surface area contributed by atoms with E-state index in [4.69, 9.17) is 11.6 Å². The first-order valence-electron chi connectivity index (χ1n) is 3.85. The van der Waals surface area contributed by atoms with Gasteiger partial charge in [-0.25, -0.2) is 4.68 Å². The smallest absolute Gasteiger partial charge is 0.258 e. The van der Waals surface area contributed by atoms with Crippen molar-refractivity contribution in [2.24, 2.45) is 0 Å². The standard InChI is InChI=1S/C7H4ClN5O2/c8-6-1-2-7(11-10-6)12-4-5(3-9-12)13(14)15/h1-4H. The van der Waals surface area contributed by atoms with Crippen LogP contribution in [-0.4, -0.2) is 24.9 Å². The second-order valence-electron chi connectivity index (χ2n) is 2.61. The molecule has 0 bridgehead atoms. The molecular formula is C7H4ClN5O2. The Balaban J connectivity index is 2.37. The highest BCUT2D eigenvalue weighted by Gasteiger charge is 2.10. The molecule has 76 valence electrons. The molecule has 0 N–H and O–H groups in total. The van der Waals surface area contributed by atoms with Crippen LogP contribution in [0.15, 0.2) is 24.5 Å². The van der Waals surface area contributed by atoms with Crippen molar-refractivity contribution in [2.45, 2.75) is 0 Å². The Kier molecular flexibility index (Phi) is 2.30. The average molecular weight is 226 g/mol. The van der Waals surface area contributed by atoms with Gasteiger partial charge in [-0.15, -0.1) is 10.2 Å². The summed E-state index contributed by atoms with van der Waals surface area (Å²) >= 11 is 5.54. The lowest BCUT2D eigenvalue weighted by Gasteiger charge is -1.96. The molecule has 0 spiro atoms. The van der Waals surface area contributed by atoms with Crippen molar-refractivity contribution in [3.05, 3.63) is 39.8 Å². The van der Waals surface area contributed by atoms with E-state index in [1.165, 1.54) is 16.9 Å². The molecule has 0 aliphatic carbocycles. The molecule has 0 radical (unpaired) electrons. The zero-order valence-electron chi connectivity index (χ0n) is 7.24.